The highest BCUT2D eigenvalue weighted by Gasteiger charge is 2.22. The quantitative estimate of drug-likeness (QED) is 0.550. The Kier molecular flexibility index (Phi) is 5.77. The zero-order valence-corrected chi connectivity index (χ0v) is 13.2. The maximum atomic E-state index is 12.1. The zero-order valence-electron chi connectivity index (χ0n) is 12.4. The third-order valence-electron chi connectivity index (χ3n) is 3.55. The third-order valence-corrected chi connectivity index (χ3v) is 4.68. The van der Waals surface area contributed by atoms with Crippen molar-refractivity contribution < 1.29 is 4.79 Å². The molecule has 7 nitrogen and oxygen atoms in total. The Hall–Kier alpha value is -1.38. The summed E-state index contributed by atoms with van der Waals surface area (Å²) in [6.07, 6.45) is 2.79. The van der Waals surface area contributed by atoms with Gasteiger partial charge < -0.3 is 27.0 Å². The van der Waals surface area contributed by atoms with Gasteiger partial charge in [0, 0.05) is 25.7 Å². The smallest absolute Gasteiger partial charge is 0.265 e. The SMILES string of the molecule is CNCCCNC(=O)c1sc(N2CCC(N)CC2)nc1N. The molecule has 1 saturated heterocycles. The van der Waals surface area contributed by atoms with Crippen LogP contribution in [0.2, 0.25) is 0 Å². The minimum Gasteiger partial charge on any atom is -0.382 e. The molecule has 1 aromatic heterocycles. The van der Waals surface area contributed by atoms with Gasteiger partial charge >= 0.3 is 0 Å². The van der Waals surface area contributed by atoms with Crippen LogP contribution in [0, 0.1) is 0 Å². The highest BCUT2D eigenvalue weighted by Crippen LogP contribution is 2.29. The minimum absolute atomic E-state index is 0.138. The maximum Gasteiger partial charge on any atom is 0.265 e. The molecule has 21 heavy (non-hydrogen) atoms. The summed E-state index contributed by atoms with van der Waals surface area (Å²) < 4.78 is 0. The number of nitrogens with two attached hydrogens (primary N) is 2. The molecule has 0 radical (unpaired) electrons. The van der Waals surface area contributed by atoms with Crippen LogP contribution in [-0.2, 0) is 0 Å². The lowest BCUT2D eigenvalue weighted by Gasteiger charge is -2.29. The number of aromatic nitrogens is 1. The first kappa shape index (κ1) is 16.0. The van der Waals surface area contributed by atoms with E-state index in [9.17, 15) is 4.79 Å². The summed E-state index contributed by atoms with van der Waals surface area (Å²) in [5.74, 6) is 0.178. The Morgan fingerprint density at radius 2 is 2.14 bits per heavy atom. The van der Waals surface area contributed by atoms with Gasteiger partial charge in [-0.25, -0.2) is 4.98 Å². The van der Waals surface area contributed by atoms with Crippen LogP contribution in [0.4, 0.5) is 10.9 Å². The number of carbonyl (C=O) groups is 1. The minimum atomic E-state index is -0.138. The van der Waals surface area contributed by atoms with Crippen molar-refractivity contribution in [2.45, 2.75) is 25.3 Å². The summed E-state index contributed by atoms with van der Waals surface area (Å²) in [5, 5.41) is 6.73. The molecule has 1 amide bonds. The summed E-state index contributed by atoms with van der Waals surface area (Å²) in [5.41, 5.74) is 11.8. The number of piperidine rings is 1. The molecule has 8 heteroatoms. The van der Waals surface area contributed by atoms with Crippen molar-refractivity contribution in [2.24, 2.45) is 5.73 Å². The van der Waals surface area contributed by atoms with Gasteiger partial charge in [0.1, 0.15) is 10.7 Å². The van der Waals surface area contributed by atoms with Gasteiger partial charge in [0.2, 0.25) is 0 Å². The second-order valence-electron chi connectivity index (χ2n) is 5.25. The summed E-state index contributed by atoms with van der Waals surface area (Å²) in [7, 11) is 1.89. The Bertz CT molecular complexity index is 469. The Morgan fingerprint density at radius 1 is 1.43 bits per heavy atom. The van der Waals surface area contributed by atoms with E-state index in [0.717, 1.165) is 44.0 Å². The number of hydrogen-bond donors (Lipinski definition) is 4. The van der Waals surface area contributed by atoms with E-state index in [1.807, 2.05) is 7.05 Å². The van der Waals surface area contributed by atoms with E-state index in [0.29, 0.717) is 17.2 Å². The summed E-state index contributed by atoms with van der Waals surface area (Å²) in [6, 6.07) is 0.272. The first-order chi connectivity index (χ1) is 10.1. The molecule has 0 aromatic carbocycles. The van der Waals surface area contributed by atoms with Gasteiger partial charge in [-0.3, -0.25) is 4.79 Å². The molecule has 6 N–H and O–H groups in total. The highest BCUT2D eigenvalue weighted by atomic mass is 32.1. The Morgan fingerprint density at radius 3 is 2.81 bits per heavy atom. The Labute approximate surface area is 129 Å². The van der Waals surface area contributed by atoms with Crippen molar-refractivity contribution in [3.8, 4) is 0 Å². The van der Waals surface area contributed by atoms with Crippen LogP contribution < -0.4 is 27.0 Å². The molecule has 0 aliphatic carbocycles. The first-order valence-electron chi connectivity index (χ1n) is 7.31. The van der Waals surface area contributed by atoms with Crippen molar-refractivity contribution in [1.29, 1.82) is 0 Å². The van der Waals surface area contributed by atoms with E-state index in [1.165, 1.54) is 11.3 Å². The van der Waals surface area contributed by atoms with E-state index >= 15 is 0 Å². The van der Waals surface area contributed by atoms with E-state index < -0.39 is 0 Å². The average Bonchev–Trinajstić information content (AvgIpc) is 2.86. The van der Waals surface area contributed by atoms with E-state index in [-0.39, 0.29) is 11.9 Å². The molecule has 1 fully saturated rings. The summed E-state index contributed by atoms with van der Waals surface area (Å²) in [4.78, 5) is 19.1. The predicted octanol–water partition coefficient (Wildman–Crippen LogP) is -0.00790. The fourth-order valence-electron chi connectivity index (χ4n) is 2.26. The predicted molar refractivity (Wildman–Crippen MR) is 86.8 cm³/mol. The molecule has 0 spiro atoms. The molecule has 0 bridgehead atoms. The van der Waals surface area contributed by atoms with Crippen LogP contribution in [0.5, 0.6) is 0 Å². The van der Waals surface area contributed by atoms with Crippen LogP contribution in [0.25, 0.3) is 0 Å². The fourth-order valence-corrected chi connectivity index (χ4v) is 3.21. The van der Waals surface area contributed by atoms with Crippen LogP contribution >= 0.6 is 11.3 Å². The lowest BCUT2D eigenvalue weighted by molar-refractivity contribution is 0.0958. The molecule has 0 atom stereocenters. The first-order valence-corrected chi connectivity index (χ1v) is 8.13. The topological polar surface area (TPSA) is 109 Å². The molecule has 1 aliphatic heterocycles. The molecule has 118 valence electrons. The highest BCUT2D eigenvalue weighted by molar-refractivity contribution is 7.18. The van der Waals surface area contributed by atoms with Gasteiger partial charge in [-0.2, -0.15) is 0 Å². The maximum absolute atomic E-state index is 12.1. The molecular weight excluding hydrogens is 288 g/mol. The monoisotopic (exact) mass is 312 g/mol. The number of rotatable bonds is 6. The molecule has 2 rings (SSSR count). The van der Waals surface area contributed by atoms with Crippen LogP contribution in [0.3, 0.4) is 0 Å². The number of hydrogen-bond acceptors (Lipinski definition) is 7. The molecule has 1 aliphatic rings. The van der Waals surface area contributed by atoms with Crippen molar-refractivity contribution in [3.63, 3.8) is 0 Å². The van der Waals surface area contributed by atoms with Crippen LogP contribution in [0.1, 0.15) is 28.9 Å². The number of anilines is 2. The van der Waals surface area contributed by atoms with Crippen molar-refractivity contribution >= 4 is 28.2 Å². The van der Waals surface area contributed by atoms with Gasteiger partial charge in [-0.1, -0.05) is 11.3 Å². The van der Waals surface area contributed by atoms with E-state index in [4.69, 9.17) is 11.5 Å². The van der Waals surface area contributed by atoms with Crippen molar-refractivity contribution in [1.82, 2.24) is 15.6 Å². The van der Waals surface area contributed by atoms with Crippen molar-refractivity contribution in [2.75, 3.05) is 43.9 Å². The van der Waals surface area contributed by atoms with Gasteiger partial charge in [0.05, 0.1) is 0 Å². The molecule has 0 saturated carbocycles. The van der Waals surface area contributed by atoms with Gasteiger partial charge in [-0.05, 0) is 32.9 Å². The second-order valence-corrected chi connectivity index (χ2v) is 6.23. The standard InChI is InChI=1S/C13H24N6OS/c1-16-5-2-6-17-12(20)10-11(15)18-13(21-10)19-7-3-9(14)4-8-19/h9,16H,2-8,14-15H2,1H3,(H,17,20). The number of nitrogen functional groups attached to an aromatic ring is 1. The van der Waals surface area contributed by atoms with Crippen molar-refractivity contribution in [3.05, 3.63) is 4.88 Å². The average molecular weight is 312 g/mol. The normalized spacial score (nSPS) is 16.2. The van der Waals surface area contributed by atoms with E-state index in [1.54, 1.807) is 0 Å². The van der Waals surface area contributed by atoms with Gasteiger partial charge in [-0.15, -0.1) is 0 Å². The van der Waals surface area contributed by atoms with Crippen LogP contribution in [0.15, 0.2) is 0 Å². The molecular formula is C13H24N6OS. The fraction of sp³-hybridized carbons (Fsp3) is 0.692. The largest absolute Gasteiger partial charge is 0.382 e. The zero-order chi connectivity index (χ0) is 15.2. The van der Waals surface area contributed by atoms with Crippen LogP contribution in [-0.4, -0.2) is 50.2 Å². The summed E-state index contributed by atoms with van der Waals surface area (Å²) >= 11 is 1.36. The second kappa shape index (κ2) is 7.58. The van der Waals surface area contributed by atoms with E-state index in [2.05, 4.69) is 20.5 Å². The number of nitrogens with one attached hydrogen (secondary N) is 2. The number of nitrogens with zero attached hydrogens (tertiary/aromatic N) is 2. The number of thiazole rings is 1. The molecule has 1 aromatic rings. The van der Waals surface area contributed by atoms with Gasteiger partial charge in [0.25, 0.3) is 5.91 Å². The number of carbonyl (C=O) groups excluding carboxylic acids is 1. The Balaban J connectivity index is 1.93. The summed E-state index contributed by atoms with van der Waals surface area (Å²) in [6.45, 7) is 3.25. The number of amides is 1. The molecule has 0 unspecified atom stereocenters. The van der Waals surface area contributed by atoms with Gasteiger partial charge in [0.15, 0.2) is 5.13 Å². The lowest BCUT2D eigenvalue weighted by Crippen LogP contribution is -2.39. The molecule has 2 heterocycles. The lowest BCUT2D eigenvalue weighted by atomic mass is 10.1. The third kappa shape index (κ3) is 4.29.